The van der Waals surface area contributed by atoms with Gasteiger partial charge in [0.15, 0.2) is 5.11 Å². The molecule has 0 unspecified atom stereocenters. The zero-order chi connectivity index (χ0) is 22.5. The summed E-state index contributed by atoms with van der Waals surface area (Å²) in [6, 6.07) is 19.4. The molecule has 0 bridgehead atoms. The van der Waals surface area contributed by atoms with Gasteiger partial charge in [0.1, 0.15) is 12.4 Å². The standard InChI is InChI=1S/C24H21N3O4S/c1-2-30-22(28)15-11-12-21(25-13-15)26-23(32)27-24(29)31-14-20-18-9-5-3-7-16(18)17-8-4-6-10-19(17)20/h3-13,20H,2,14H2,1H3,(H2,25,26,27,29,32). The SMILES string of the molecule is CCOC(=O)c1ccc(NC(=S)NC(=O)OCC2c3ccccc3-c3ccccc32)nc1. The summed E-state index contributed by atoms with van der Waals surface area (Å²) in [7, 11) is 0. The molecule has 1 aliphatic rings. The largest absolute Gasteiger partial charge is 0.462 e. The number of aromatic nitrogens is 1. The van der Waals surface area contributed by atoms with E-state index in [4.69, 9.17) is 21.7 Å². The monoisotopic (exact) mass is 447 g/mol. The Hall–Kier alpha value is -3.78. The molecule has 0 radical (unpaired) electrons. The van der Waals surface area contributed by atoms with Crippen LogP contribution in [0.2, 0.25) is 0 Å². The molecule has 0 saturated heterocycles. The Morgan fingerprint density at radius 2 is 1.62 bits per heavy atom. The van der Waals surface area contributed by atoms with Crippen LogP contribution in [0.5, 0.6) is 0 Å². The predicted molar refractivity (Wildman–Crippen MR) is 125 cm³/mol. The average molecular weight is 448 g/mol. The molecule has 4 rings (SSSR count). The first-order valence-corrected chi connectivity index (χ1v) is 10.5. The number of anilines is 1. The molecule has 162 valence electrons. The normalized spacial score (nSPS) is 11.8. The third kappa shape index (κ3) is 4.60. The topological polar surface area (TPSA) is 89.6 Å². The van der Waals surface area contributed by atoms with E-state index in [1.807, 2.05) is 24.3 Å². The van der Waals surface area contributed by atoms with Gasteiger partial charge in [0.2, 0.25) is 0 Å². The number of nitrogens with one attached hydrogen (secondary N) is 2. The van der Waals surface area contributed by atoms with Gasteiger partial charge in [0.05, 0.1) is 12.2 Å². The number of hydrogen-bond acceptors (Lipinski definition) is 6. The first kappa shape index (κ1) is 21.5. The molecule has 7 nitrogen and oxygen atoms in total. The van der Waals surface area contributed by atoms with Gasteiger partial charge in [-0.25, -0.2) is 14.6 Å². The fraction of sp³-hybridized carbons (Fsp3) is 0.167. The van der Waals surface area contributed by atoms with Crippen molar-refractivity contribution in [3.05, 3.63) is 83.6 Å². The lowest BCUT2D eigenvalue weighted by molar-refractivity contribution is 0.0526. The molecule has 2 N–H and O–H groups in total. The number of esters is 1. The highest BCUT2D eigenvalue weighted by molar-refractivity contribution is 7.80. The molecular formula is C24H21N3O4S. The number of carbonyl (C=O) groups is 2. The Balaban J connectivity index is 1.33. The molecule has 0 aliphatic heterocycles. The molecule has 0 saturated carbocycles. The summed E-state index contributed by atoms with van der Waals surface area (Å²) in [5.41, 5.74) is 4.91. The highest BCUT2D eigenvalue weighted by atomic mass is 32.1. The van der Waals surface area contributed by atoms with Gasteiger partial charge >= 0.3 is 12.1 Å². The fourth-order valence-electron chi connectivity index (χ4n) is 3.68. The van der Waals surface area contributed by atoms with Crippen molar-refractivity contribution in [1.82, 2.24) is 10.3 Å². The minimum atomic E-state index is -0.660. The average Bonchev–Trinajstić information content (AvgIpc) is 3.12. The molecule has 3 aromatic rings. The lowest BCUT2D eigenvalue weighted by atomic mass is 9.98. The van der Waals surface area contributed by atoms with Gasteiger partial charge in [-0.15, -0.1) is 0 Å². The third-order valence-electron chi connectivity index (χ3n) is 5.08. The van der Waals surface area contributed by atoms with E-state index in [1.165, 1.54) is 6.20 Å². The van der Waals surface area contributed by atoms with Crippen molar-refractivity contribution >= 4 is 35.2 Å². The van der Waals surface area contributed by atoms with Crippen LogP contribution in [0, 0.1) is 0 Å². The molecule has 2 aromatic carbocycles. The minimum Gasteiger partial charge on any atom is -0.462 e. The van der Waals surface area contributed by atoms with E-state index in [0.717, 1.165) is 22.3 Å². The molecule has 32 heavy (non-hydrogen) atoms. The Labute approximate surface area is 190 Å². The van der Waals surface area contributed by atoms with Crippen LogP contribution in [0.15, 0.2) is 66.9 Å². The fourth-order valence-corrected chi connectivity index (χ4v) is 3.87. The summed E-state index contributed by atoms with van der Waals surface area (Å²) >= 11 is 5.16. The zero-order valence-electron chi connectivity index (χ0n) is 17.3. The van der Waals surface area contributed by atoms with Crippen LogP contribution >= 0.6 is 12.2 Å². The third-order valence-corrected chi connectivity index (χ3v) is 5.28. The van der Waals surface area contributed by atoms with E-state index in [1.54, 1.807) is 19.1 Å². The van der Waals surface area contributed by atoms with Crippen molar-refractivity contribution in [3.63, 3.8) is 0 Å². The van der Waals surface area contributed by atoms with Crippen LogP contribution in [0.3, 0.4) is 0 Å². The number of pyridine rings is 1. The first-order valence-electron chi connectivity index (χ1n) is 10.1. The van der Waals surface area contributed by atoms with Gasteiger partial charge in [0.25, 0.3) is 0 Å². The second-order valence-electron chi connectivity index (χ2n) is 7.06. The molecule has 1 amide bonds. The number of hydrogen-bond donors (Lipinski definition) is 2. The van der Waals surface area contributed by atoms with Crippen LogP contribution in [-0.2, 0) is 9.47 Å². The number of rotatable bonds is 5. The number of ether oxygens (including phenoxy) is 2. The number of alkyl carbamates (subject to hydrolysis) is 1. The van der Waals surface area contributed by atoms with Crippen molar-refractivity contribution < 1.29 is 19.1 Å². The number of fused-ring (bicyclic) bond motifs is 3. The number of thiocarbonyl (C=S) groups is 1. The smallest absolute Gasteiger partial charge is 0.413 e. The molecule has 0 spiro atoms. The van der Waals surface area contributed by atoms with E-state index in [2.05, 4.69) is 39.9 Å². The number of benzene rings is 2. The molecule has 0 fully saturated rings. The second-order valence-corrected chi connectivity index (χ2v) is 7.47. The molecule has 1 aromatic heterocycles. The van der Waals surface area contributed by atoms with Crippen LogP contribution in [0.25, 0.3) is 11.1 Å². The van der Waals surface area contributed by atoms with Crippen LogP contribution in [-0.4, -0.2) is 35.4 Å². The zero-order valence-corrected chi connectivity index (χ0v) is 18.1. The quantitative estimate of drug-likeness (QED) is 0.440. The number of amides is 1. The summed E-state index contributed by atoms with van der Waals surface area (Å²) in [4.78, 5) is 28.1. The summed E-state index contributed by atoms with van der Waals surface area (Å²) in [6.45, 7) is 2.20. The Kier molecular flexibility index (Phi) is 6.42. The minimum absolute atomic E-state index is 0.0354. The lowest BCUT2D eigenvalue weighted by Gasteiger charge is -2.15. The van der Waals surface area contributed by atoms with Crippen LogP contribution in [0.4, 0.5) is 10.6 Å². The summed E-state index contributed by atoms with van der Waals surface area (Å²) in [5, 5.41) is 5.31. The van der Waals surface area contributed by atoms with E-state index >= 15 is 0 Å². The van der Waals surface area contributed by atoms with Gasteiger partial charge in [0, 0.05) is 12.1 Å². The van der Waals surface area contributed by atoms with Crippen molar-refractivity contribution in [1.29, 1.82) is 0 Å². The molecule has 0 atom stereocenters. The second kappa shape index (κ2) is 9.57. The van der Waals surface area contributed by atoms with Crippen molar-refractivity contribution in [3.8, 4) is 11.1 Å². The van der Waals surface area contributed by atoms with E-state index in [-0.39, 0.29) is 24.2 Å². The number of nitrogens with zero attached hydrogens (tertiary/aromatic N) is 1. The van der Waals surface area contributed by atoms with Crippen molar-refractivity contribution in [2.24, 2.45) is 0 Å². The highest BCUT2D eigenvalue weighted by Gasteiger charge is 2.29. The van der Waals surface area contributed by atoms with Gasteiger partial charge < -0.3 is 14.8 Å². The van der Waals surface area contributed by atoms with Crippen LogP contribution < -0.4 is 10.6 Å². The molecule has 1 heterocycles. The van der Waals surface area contributed by atoms with Gasteiger partial charge in [-0.3, -0.25) is 5.32 Å². The van der Waals surface area contributed by atoms with Gasteiger partial charge in [-0.05, 0) is 53.5 Å². The van der Waals surface area contributed by atoms with E-state index in [0.29, 0.717) is 11.4 Å². The highest BCUT2D eigenvalue weighted by Crippen LogP contribution is 2.44. The molecule has 8 heteroatoms. The lowest BCUT2D eigenvalue weighted by Crippen LogP contribution is -2.35. The summed E-state index contributed by atoms with van der Waals surface area (Å²) < 4.78 is 10.4. The van der Waals surface area contributed by atoms with E-state index in [9.17, 15) is 9.59 Å². The maximum atomic E-state index is 12.3. The van der Waals surface area contributed by atoms with Gasteiger partial charge in [-0.2, -0.15) is 0 Å². The van der Waals surface area contributed by atoms with Gasteiger partial charge in [-0.1, -0.05) is 48.5 Å². The maximum absolute atomic E-state index is 12.3. The summed E-state index contributed by atoms with van der Waals surface area (Å²) in [5.74, 6) is -0.111. The molecular weight excluding hydrogens is 426 g/mol. The number of carbonyl (C=O) groups excluding carboxylic acids is 2. The van der Waals surface area contributed by atoms with Crippen molar-refractivity contribution in [2.45, 2.75) is 12.8 Å². The van der Waals surface area contributed by atoms with Crippen LogP contribution in [0.1, 0.15) is 34.3 Å². The Morgan fingerprint density at radius 3 is 2.22 bits per heavy atom. The maximum Gasteiger partial charge on any atom is 0.413 e. The Bertz CT molecular complexity index is 1120. The predicted octanol–water partition coefficient (Wildman–Crippen LogP) is 4.49. The first-order chi connectivity index (χ1) is 15.6. The summed E-state index contributed by atoms with van der Waals surface area (Å²) in [6.07, 6.45) is 0.712. The van der Waals surface area contributed by atoms with E-state index < -0.39 is 12.1 Å². The molecule has 1 aliphatic carbocycles. The van der Waals surface area contributed by atoms with Crippen molar-refractivity contribution in [2.75, 3.05) is 18.5 Å². The Morgan fingerprint density at radius 1 is 0.969 bits per heavy atom.